The van der Waals surface area contributed by atoms with E-state index in [2.05, 4.69) is 10.5 Å². The lowest BCUT2D eigenvalue weighted by molar-refractivity contribution is -0.384. The zero-order chi connectivity index (χ0) is 28.0. The minimum absolute atomic E-state index is 0.00516. The first-order valence-electron chi connectivity index (χ1n) is 11.5. The Morgan fingerprint density at radius 2 is 1.87 bits per heavy atom. The van der Waals surface area contributed by atoms with Gasteiger partial charge >= 0.3 is 5.97 Å². The van der Waals surface area contributed by atoms with E-state index in [0.717, 1.165) is 6.07 Å². The van der Waals surface area contributed by atoms with E-state index in [1.54, 1.807) is 30.3 Å². The molecule has 0 unspecified atom stereocenters. The number of rotatable bonds is 9. The van der Waals surface area contributed by atoms with Gasteiger partial charge in [0, 0.05) is 19.2 Å². The number of hydrogen-bond acceptors (Lipinski definition) is 10. The number of halogens is 1. The highest BCUT2D eigenvalue weighted by Gasteiger charge is 2.29. The van der Waals surface area contributed by atoms with E-state index < -0.39 is 26.6 Å². The lowest BCUT2D eigenvalue weighted by atomic mass is 10.2. The van der Waals surface area contributed by atoms with Gasteiger partial charge in [0.15, 0.2) is 11.5 Å². The Morgan fingerprint density at radius 3 is 2.56 bits per heavy atom. The van der Waals surface area contributed by atoms with Crippen molar-refractivity contribution in [3.8, 4) is 11.5 Å². The molecule has 0 bridgehead atoms. The van der Waals surface area contributed by atoms with Gasteiger partial charge in [0.2, 0.25) is 10.0 Å². The molecule has 1 N–H and O–H groups in total. The van der Waals surface area contributed by atoms with Gasteiger partial charge in [-0.15, -0.1) is 0 Å². The fourth-order valence-electron chi connectivity index (χ4n) is 3.66. The molecule has 1 aliphatic heterocycles. The largest absolute Gasteiger partial charge is 0.493 e. The molecule has 1 aliphatic rings. The molecule has 0 radical (unpaired) electrons. The number of ether oxygens (including phenoxy) is 3. The highest BCUT2D eigenvalue weighted by molar-refractivity contribution is 7.89. The van der Waals surface area contributed by atoms with Gasteiger partial charge in [0.25, 0.3) is 5.69 Å². The van der Waals surface area contributed by atoms with Gasteiger partial charge in [-0.3, -0.25) is 15.5 Å². The maximum Gasteiger partial charge on any atom is 0.345 e. The molecule has 204 valence electrons. The van der Waals surface area contributed by atoms with Gasteiger partial charge in [-0.05, 0) is 48.0 Å². The summed E-state index contributed by atoms with van der Waals surface area (Å²) < 4.78 is 42.9. The Balaban J connectivity index is 1.49. The molecule has 14 heteroatoms. The molecule has 1 heterocycles. The number of carbonyl (C=O) groups is 1. The van der Waals surface area contributed by atoms with Gasteiger partial charge in [-0.2, -0.15) is 9.41 Å². The number of hydrogen-bond donors (Lipinski definition) is 1. The number of anilines is 1. The molecule has 0 saturated carbocycles. The topological polar surface area (TPSA) is 150 Å². The summed E-state index contributed by atoms with van der Waals surface area (Å²) in [5, 5.41) is 15.9. The fraction of sp³-hybridized carbons (Fsp3) is 0.200. The second-order valence-corrected chi connectivity index (χ2v) is 10.4. The van der Waals surface area contributed by atoms with E-state index in [1.807, 2.05) is 0 Å². The first-order valence-corrected chi connectivity index (χ1v) is 13.3. The Kier molecular flexibility index (Phi) is 8.76. The summed E-state index contributed by atoms with van der Waals surface area (Å²) in [6.45, 7) is 0.847. The lowest BCUT2D eigenvalue weighted by Gasteiger charge is -2.26. The normalized spacial score (nSPS) is 14.2. The van der Waals surface area contributed by atoms with Crippen molar-refractivity contribution in [2.75, 3.05) is 38.8 Å². The Labute approximate surface area is 228 Å². The number of nitro benzene ring substituents is 1. The van der Waals surface area contributed by atoms with Crippen LogP contribution >= 0.6 is 11.6 Å². The van der Waals surface area contributed by atoms with Crippen LogP contribution in [-0.2, 0) is 14.8 Å². The molecule has 1 fully saturated rings. The average molecular weight is 575 g/mol. The van der Waals surface area contributed by atoms with Gasteiger partial charge < -0.3 is 14.2 Å². The zero-order valence-electron chi connectivity index (χ0n) is 20.6. The average Bonchev–Trinajstić information content (AvgIpc) is 2.94. The van der Waals surface area contributed by atoms with Crippen molar-refractivity contribution in [3.05, 3.63) is 86.9 Å². The second-order valence-electron chi connectivity index (χ2n) is 8.10. The molecule has 4 rings (SSSR count). The highest BCUT2D eigenvalue weighted by atomic mass is 35.5. The third kappa shape index (κ3) is 6.52. The molecule has 0 spiro atoms. The summed E-state index contributed by atoms with van der Waals surface area (Å²) in [5.41, 5.74) is 2.82. The third-order valence-corrected chi connectivity index (χ3v) is 7.88. The van der Waals surface area contributed by atoms with Gasteiger partial charge in [-0.25, -0.2) is 13.2 Å². The number of nitro groups is 1. The van der Waals surface area contributed by atoms with Gasteiger partial charge in [-0.1, -0.05) is 23.7 Å². The number of benzene rings is 3. The predicted molar refractivity (Wildman–Crippen MR) is 143 cm³/mol. The van der Waals surface area contributed by atoms with E-state index in [9.17, 15) is 23.3 Å². The van der Waals surface area contributed by atoms with E-state index in [1.165, 1.54) is 41.9 Å². The second kappa shape index (κ2) is 12.2. The minimum atomic E-state index is -3.91. The first-order chi connectivity index (χ1) is 18.7. The molecule has 1 saturated heterocycles. The van der Waals surface area contributed by atoms with E-state index in [-0.39, 0.29) is 59.0 Å². The SMILES string of the molecule is COc1cc(/C=N/Nc2ccc(S(=O)(=O)N3CCOCC3)cc2[N+](=O)[O-])ccc1OC(=O)c1ccccc1Cl. The number of morpholine rings is 1. The van der Waals surface area contributed by atoms with Gasteiger partial charge in [0.05, 0.1) is 46.9 Å². The van der Waals surface area contributed by atoms with Crippen LogP contribution in [0.5, 0.6) is 11.5 Å². The number of carbonyl (C=O) groups excluding carboxylic acids is 1. The number of sulfonamides is 1. The van der Waals surface area contributed by atoms with Crippen molar-refractivity contribution in [3.63, 3.8) is 0 Å². The van der Waals surface area contributed by atoms with Crippen LogP contribution in [0.2, 0.25) is 5.02 Å². The van der Waals surface area contributed by atoms with Crippen LogP contribution in [0.4, 0.5) is 11.4 Å². The Morgan fingerprint density at radius 1 is 1.13 bits per heavy atom. The van der Waals surface area contributed by atoms with Crippen LogP contribution < -0.4 is 14.9 Å². The monoisotopic (exact) mass is 574 g/mol. The van der Waals surface area contributed by atoms with Crippen molar-refractivity contribution < 1.29 is 32.3 Å². The van der Waals surface area contributed by atoms with E-state index in [0.29, 0.717) is 5.56 Å². The molecular formula is C25H23ClN4O8S. The van der Waals surface area contributed by atoms with Crippen molar-refractivity contribution >= 4 is 45.2 Å². The zero-order valence-corrected chi connectivity index (χ0v) is 22.1. The van der Waals surface area contributed by atoms with Crippen LogP contribution in [0.25, 0.3) is 0 Å². The third-order valence-electron chi connectivity index (χ3n) is 5.66. The molecule has 12 nitrogen and oxygen atoms in total. The summed E-state index contributed by atoms with van der Waals surface area (Å²) in [7, 11) is -2.51. The van der Waals surface area contributed by atoms with E-state index >= 15 is 0 Å². The number of esters is 1. The summed E-state index contributed by atoms with van der Waals surface area (Å²) in [5.74, 6) is -0.267. The summed E-state index contributed by atoms with van der Waals surface area (Å²) in [6.07, 6.45) is 1.37. The van der Waals surface area contributed by atoms with Crippen LogP contribution in [0.1, 0.15) is 15.9 Å². The van der Waals surface area contributed by atoms with E-state index in [4.69, 9.17) is 25.8 Å². The standard InChI is InChI=1S/C25H23ClN4O8S/c1-36-24-14-17(6-9-23(24)38-25(31)19-4-2-3-5-20(19)26)16-27-28-21-8-7-18(15-22(21)30(32)33)39(34,35)29-10-12-37-13-11-29/h2-9,14-16,28H,10-13H2,1H3/b27-16+. The number of methoxy groups -OCH3 is 1. The maximum atomic E-state index is 12.9. The van der Waals surface area contributed by atoms with Crippen LogP contribution in [0.3, 0.4) is 0 Å². The van der Waals surface area contributed by atoms with Crippen LogP contribution in [0, 0.1) is 10.1 Å². The number of hydrazone groups is 1. The molecule has 3 aromatic rings. The first kappa shape index (κ1) is 28.0. The smallest absolute Gasteiger partial charge is 0.345 e. The minimum Gasteiger partial charge on any atom is -0.493 e. The molecule has 0 aromatic heterocycles. The van der Waals surface area contributed by atoms with Crippen molar-refractivity contribution in [2.24, 2.45) is 5.10 Å². The fourth-order valence-corrected chi connectivity index (χ4v) is 5.30. The maximum absolute atomic E-state index is 12.9. The van der Waals surface area contributed by atoms with Crippen LogP contribution in [-0.4, -0.2) is 63.2 Å². The lowest BCUT2D eigenvalue weighted by Crippen LogP contribution is -2.40. The number of nitrogens with zero attached hydrogens (tertiary/aromatic N) is 3. The quantitative estimate of drug-likeness (QED) is 0.132. The molecule has 39 heavy (non-hydrogen) atoms. The molecule has 0 atom stereocenters. The molecule has 3 aromatic carbocycles. The summed E-state index contributed by atoms with van der Waals surface area (Å²) >= 11 is 6.05. The van der Waals surface area contributed by atoms with Crippen molar-refractivity contribution in [1.29, 1.82) is 0 Å². The Hall–Kier alpha value is -4.04. The van der Waals surface area contributed by atoms with Crippen molar-refractivity contribution in [1.82, 2.24) is 4.31 Å². The van der Waals surface area contributed by atoms with Crippen molar-refractivity contribution in [2.45, 2.75) is 4.90 Å². The predicted octanol–water partition coefficient (Wildman–Crippen LogP) is 3.94. The molecule has 0 aliphatic carbocycles. The number of nitrogens with one attached hydrogen (secondary N) is 1. The molecule has 0 amide bonds. The molecular weight excluding hydrogens is 552 g/mol. The highest BCUT2D eigenvalue weighted by Crippen LogP contribution is 2.31. The summed E-state index contributed by atoms with van der Waals surface area (Å²) in [6, 6.07) is 14.7. The van der Waals surface area contributed by atoms with Crippen LogP contribution in [0.15, 0.2) is 70.7 Å². The Bertz CT molecular complexity index is 1520. The van der Waals surface area contributed by atoms with Gasteiger partial charge in [0.1, 0.15) is 5.69 Å². The summed E-state index contributed by atoms with van der Waals surface area (Å²) in [4.78, 5) is 23.3.